The molecular formula is C23H27N5O2. The lowest BCUT2D eigenvalue weighted by Gasteiger charge is -2.36. The lowest BCUT2D eigenvalue weighted by atomic mass is 10.1. The van der Waals surface area contributed by atoms with Crippen LogP contribution in [0.3, 0.4) is 0 Å². The molecule has 0 bridgehead atoms. The van der Waals surface area contributed by atoms with Gasteiger partial charge in [0.15, 0.2) is 0 Å². The predicted octanol–water partition coefficient (Wildman–Crippen LogP) is 4.27. The van der Waals surface area contributed by atoms with E-state index in [0.29, 0.717) is 24.8 Å². The van der Waals surface area contributed by atoms with Crippen LogP contribution in [0.15, 0.2) is 47.0 Å². The van der Waals surface area contributed by atoms with Crippen LogP contribution in [0.2, 0.25) is 0 Å². The number of nitrogens with zero attached hydrogens (tertiary/aromatic N) is 4. The molecule has 0 saturated carbocycles. The second kappa shape index (κ2) is 8.57. The van der Waals surface area contributed by atoms with Gasteiger partial charge in [-0.2, -0.15) is 4.98 Å². The average molecular weight is 406 g/mol. The third-order valence-corrected chi connectivity index (χ3v) is 5.46. The van der Waals surface area contributed by atoms with Crippen molar-refractivity contribution in [1.82, 2.24) is 15.0 Å². The van der Waals surface area contributed by atoms with Crippen molar-refractivity contribution in [2.75, 3.05) is 36.4 Å². The summed E-state index contributed by atoms with van der Waals surface area (Å²) in [5, 5.41) is 7.08. The number of urea groups is 1. The minimum Gasteiger partial charge on any atom is -0.368 e. The van der Waals surface area contributed by atoms with E-state index < -0.39 is 0 Å². The highest BCUT2D eigenvalue weighted by Crippen LogP contribution is 2.23. The summed E-state index contributed by atoms with van der Waals surface area (Å²) in [5.74, 6) is 1.26. The van der Waals surface area contributed by atoms with E-state index in [-0.39, 0.29) is 6.03 Å². The predicted molar refractivity (Wildman–Crippen MR) is 118 cm³/mol. The number of aromatic nitrogens is 2. The van der Waals surface area contributed by atoms with Gasteiger partial charge in [-0.25, -0.2) is 4.79 Å². The molecule has 2 aromatic carbocycles. The number of hydrogen-bond donors (Lipinski definition) is 1. The summed E-state index contributed by atoms with van der Waals surface area (Å²) in [6.45, 7) is 8.98. The van der Waals surface area contributed by atoms with Crippen LogP contribution < -0.4 is 10.2 Å². The SMILES string of the molecule is CCc1nc(-c2ccc(N3CCN(C(=O)Nc4cc(C)ccc4C)CC3)cc2)no1. The van der Waals surface area contributed by atoms with Crippen molar-refractivity contribution < 1.29 is 9.32 Å². The number of carbonyl (C=O) groups excluding carboxylic acids is 1. The molecule has 7 heteroatoms. The molecule has 1 aliphatic heterocycles. The number of hydrogen-bond acceptors (Lipinski definition) is 5. The first-order valence-corrected chi connectivity index (χ1v) is 10.3. The van der Waals surface area contributed by atoms with Crippen LogP contribution in [0.1, 0.15) is 23.9 Å². The zero-order chi connectivity index (χ0) is 21.1. The third kappa shape index (κ3) is 4.30. The molecule has 1 aromatic heterocycles. The molecule has 30 heavy (non-hydrogen) atoms. The van der Waals surface area contributed by atoms with Gasteiger partial charge in [-0.3, -0.25) is 0 Å². The van der Waals surface area contributed by atoms with Gasteiger partial charge in [0.25, 0.3) is 0 Å². The molecule has 1 N–H and O–H groups in total. The maximum Gasteiger partial charge on any atom is 0.321 e. The van der Waals surface area contributed by atoms with Crippen LogP contribution in [0.4, 0.5) is 16.2 Å². The number of carbonyl (C=O) groups is 1. The van der Waals surface area contributed by atoms with Gasteiger partial charge >= 0.3 is 6.03 Å². The second-order valence-electron chi connectivity index (χ2n) is 7.63. The molecule has 1 saturated heterocycles. The summed E-state index contributed by atoms with van der Waals surface area (Å²) in [4.78, 5) is 21.2. The number of aryl methyl sites for hydroxylation is 3. The highest BCUT2D eigenvalue weighted by atomic mass is 16.5. The van der Waals surface area contributed by atoms with Crippen molar-refractivity contribution >= 4 is 17.4 Å². The van der Waals surface area contributed by atoms with Crippen LogP contribution in [0.5, 0.6) is 0 Å². The van der Waals surface area contributed by atoms with Crippen LogP contribution in [-0.2, 0) is 6.42 Å². The van der Waals surface area contributed by atoms with E-state index >= 15 is 0 Å². The number of amides is 2. The Bertz CT molecular complexity index is 1020. The quantitative estimate of drug-likeness (QED) is 0.702. The zero-order valence-electron chi connectivity index (χ0n) is 17.7. The Morgan fingerprint density at radius 3 is 2.47 bits per heavy atom. The minimum atomic E-state index is -0.0393. The Morgan fingerprint density at radius 1 is 1.07 bits per heavy atom. The molecule has 0 aliphatic carbocycles. The van der Waals surface area contributed by atoms with E-state index in [9.17, 15) is 4.79 Å². The molecule has 2 heterocycles. The lowest BCUT2D eigenvalue weighted by molar-refractivity contribution is 0.208. The number of piperazine rings is 1. The molecule has 0 unspecified atom stereocenters. The van der Waals surface area contributed by atoms with Crippen LogP contribution in [0.25, 0.3) is 11.4 Å². The molecule has 2 amide bonds. The molecule has 156 valence electrons. The fourth-order valence-corrected chi connectivity index (χ4v) is 3.57. The first kappa shape index (κ1) is 19.9. The van der Waals surface area contributed by atoms with Crippen molar-refractivity contribution in [2.24, 2.45) is 0 Å². The van der Waals surface area contributed by atoms with Crippen molar-refractivity contribution in [3.8, 4) is 11.4 Å². The fourth-order valence-electron chi connectivity index (χ4n) is 3.57. The molecule has 4 rings (SSSR count). The molecule has 1 fully saturated rings. The molecule has 1 aliphatic rings. The number of benzene rings is 2. The molecule has 0 radical (unpaired) electrons. The van der Waals surface area contributed by atoms with E-state index in [1.54, 1.807) is 0 Å². The minimum absolute atomic E-state index is 0.0393. The fraction of sp³-hybridized carbons (Fsp3) is 0.348. The monoisotopic (exact) mass is 405 g/mol. The lowest BCUT2D eigenvalue weighted by Crippen LogP contribution is -2.50. The van der Waals surface area contributed by atoms with Gasteiger partial charge in [0, 0.05) is 49.5 Å². The normalized spacial score (nSPS) is 14.1. The Balaban J connectivity index is 1.35. The summed E-state index contributed by atoms with van der Waals surface area (Å²) in [5.41, 5.74) is 5.16. The number of nitrogens with one attached hydrogen (secondary N) is 1. The largest absolute Gasteiger partial charge is 0.368 e. The Kier molecular flexibility index (Phi) is 5.70. The molecule has 7 nitrogen and oxygen atoms in total. The molecule has 3 aromatic rings. The number of rotatable bonds is 4. The van der Waals surface area contributed by atoms with Crippen molar-refractivity contribution in [2.45, 2.75) is 27.2 Å². The third-order valence-electron chi connectivity index (χ3n) is 5.46. The maximum absolute atomic E-state index is 12.7. The summed E-state index contributed by atoms with van der Waals surface area (Å²) < 4.78 is 5.19. The topological polar surface area (TPSA) is 74.5 Å². The van der Waals surface area contributed by atoms with Crippen LogP contribution in [0, 0.1) is 13.8 Å². The standard InChI is InChI=1S/C23H27N5O2/c1-4-21-25-22(26-30-21)18-7-9-19(10-8-18)27-11-13-28(14-12-27)23(29)24-20-15-16(2)5-6-17(20)3/h5-10,15H,4,11-14H2,1-3H3,(H,24,29). The highest BCUT2D eigenvalue weighted by molar-refractivity contribution is 5.90. The van der Waals surface area contributed by atoms with Gasteiger partial charge in [-0.05, 0) is 55.3 Å². The Morgan fingerprint density at radius 2 is 1.80 bits per heavy atom. The van der Waals surface area contributed by atoms with E-state index in [1.165, 1.54) is 0 Å². The van der Waals surface area contributed by atoms with E-state index in [4.69, 9.17) is 4.52 Å². The summed E-state index contributed by atoms with van der Waals surface area (Å²) in [6.07, 6.45) is 0.729. The van der Waals surface area contributed by atoms with Gasteiger partial charge in [-0.15, -0.1) is 0 Å². The van der Waals surface area contributed by atoms with Crippen molar-refractivity contribution in [1.29, 1.82) is 0 Å². The first-order valence-electron chi connectivity index (χ1n) is 10.3. The molecular weight excluding hydrogens is 378 g/mol. The Labute approximate surface area is 176 Å². The van der Waals surface area contributed by atoms with E-state index in [1.807, 2.05) is 49.9 Å². The Hall–Kier alpha value is -3.35. The molecule has 0 spiro atoms. The van der Waals surface area contributed by atoms with Crippen LogP contribution >= 0.6 is 0 Å². The summed E-state index contributed by atoms with van der Waals surface area (Å²) in [6, 6.07) is 14.2. The smallest absolute Gasteiger partial charge is 0.321 e. The van der Waals surface area contributed by atoms with Gasteiger partial charge in [0.05, 0.1) is 0 Å². The van der Waals surface area contributed by atoms with Gasteiger partial charge in [0.1, 0.15) is 0 Å². The zero-order valence-corrected chi connectivity index (χ0v) is 17.7. The summed E-state index contributed by atoms with van der Waals surface area (Å²) >= 11 is 0. The van der Waals surface area contributed by atoms with Gasteiger partial charge in [0.2, 0.25) is 11.7 Å². The van der Waals surface area contributed by atoms with Crippen LogP contribution in [-0.4, -0.2) is 47.3 Å². The highest BCUT2D eigenvalue weighted by Gasteiger charge is 2.22. The van der Waals surface area contributed by atoms with Crippen molar-refractivity contribution in [3.05, 3.63) is 59.5 Å². The number of anilines is 2. The summed E-state index contributed by atoms with van der Waals surface area (Å²) in [7, 11) is 0. The maximum atomic E-state index is 12.7. The van der Waals surface area contributed by atoms with E-state index in [0.717, 1.165) is 47.6 Å². The van der Waals surface area contributed by atoms with E-state index in [2.05, 4.69) is 38.6 Å². The first-order chi connectivity index (χ1) is 14.5. The molecule has 0 atom stereocenters. The average Bonchev–Trinajstić information content (AvgIpc) is 3.26. The second-order valence-corrected chi connectivity index (χ2v) is 7.63. The van der Waals surface area contributed by atoms with Gasteiger partial charge < -0.3 is 19.6 Å². The van der Waals surface area contributed by atoms with Gasteiger partial charge in [-0.1, -0.05) is 24.2 Å². The van der Waals surface area contributed by atoms with Crippen molar-refractivity contribution in [3.63, 3.8) is 0 Å².